The second-order valence-electron chi connectivity index (χ2n) is 6.65. The van der Waals surface area contributed by atoms with Crippen LogP contribution >= 0.6 is 0 Å². The van der Waals surface area contributed by atoms with Gasteiger partial charge in [0, 0.05) is 23.2 Å². The first kappa shape index (κ1) is 15.6. The van der Waals surface area contributed by atoms with E-state index >= 15 is 0 Å². The van der Waals surface area contributed by atoms with Gasteiger partial charge in [-0.15, -0.1) is 0 Å². The smallest absolute Gasteiger partial charge is 0.274 e. The molecule has 2 aromatic rings. The van der Waals surface area contributed by atoms with E-state index in [0.29, 0.717) is 11.1 Å². The van der Waals surface area contributed by atoms with Crippen LogP contribution in [0.5, 0.6) is 0 Å². The lowest BCUT2D eigenvalue weighted by Gasteiger charge is -2.37. The third kappa shape index (κ3) is 2.52. The van der Waals surface area contributed by atoms with Crippen LogP contribution in [0.3, 0.4) is 0 Å². The monoisotopic (exact) mass is 334 g/mol. The summed E-state index contributed by atoms with van der Waals surface area (Å²) in [5.41, 5.74) is 3.60. The molecule has 1 aliphatic carbocycles. The number of ketones is 1. The average Bonchev–Trinajstić information content (AvgIpc) is 3.10. The number of hydrogen-bond acceptors (Lipinski definition) is 4. The van der Waals surface area contributed by atoms with E-state index < -0.39 is 0 Å². The Kier molecular flexibility index (Phi) is 3.64. The highest BCUT2D eigenvalue weighted by Crippen LogP contribution is 2.51. The highest BCUT2D eigenvalue weighted by atomic mass is 16.6. The second kappa shape index (κ2) is 5.84. The van der Waals surface area contributed by atoms with Crippen LogP contribution in [0.25, 0.3) is 0 Å². The lowest BCUT2D eigenvalue weighted by Crippen LogP contribution is -2.29. The number of benzene rings is 2. The van der Waals surface area contributed by atoms with Crippen molar-refractivity contribution in [3.63, 3.8) is 0 Å². The molecule has 4 rings (SSSR count). The van der Waals surface area contributed by atoms with Gasteiger partial charge in [0.2, 0.25) is 0 Å². The van der Waals surface area contributed by atoms with Gasteiger partial charge in [0.05, 0.1) is 16.5 Å². The van der Waals surface area contributed by atoms with E-state index in [-0.39, 0.29) is 34.3 Å². The molecule has 5 nitrogen and oxygen atoms in total. The molecule has 0 spiro atoms. The molecule has 1 heterocycles. The number of nitrogens with zero attached hydrogens (tertiary/aromatic N) is 1. The van der Waals surface area contributed by atoms with Gasteiger partial charge in [-0.1, -0.05) is 30.4 Å². The number of para-hydroxylation sites is 1. The fraction of sp³-hybridized carbons (Fsp3) is 0.250. The second-order valence-corrected chi connectivity index (χ2v) is 6.65. The summed E-state index contributed by atoms with van der Waals surface area (Å²) >= 11 is 0. The number of allylic oxidation sites excluding steroid dienone is 2. The number of nitrogens with one attached hydrogen (secondary N) is 1. The fourth-order valence-corrected chi connectivity index (χ4v) is 4.04. The number of carbonyl (C=O) groups excluding carboxylic acids is 1. The van der Waals surface area contributed by atoms with Crippen molar-refractivity contribution >= 4 is 17.2 Å². The summed E-state index contributed by atoms with van der Waals surface area (Å²) in [5, 5.41) is 14.9. The molecule has 0 saturated carbocycles. The van der Waals surface area contributed by atoms with Crippen LogP contribution in [0.4, 0.5) is 11.4 Å². The molecule has 0 saturated heterocycles. The Morgan fingerprint density at radius 2 is 2.00 bits per heavy atom. The number of fused-ring (bicyclic) bond motifs is 3. The van der Waals surface area contributed by atoms with Gasteiger partial charge in [-0.25, -0.2) is 0 Å². The van der Waals surface area contributed by atoms with E-state index in [2.05, 4.69) is 17.5 Å². The normalized spacial score (nSPS) is 23.5. The van der Waals surface area contributed by atoms with Crippen molar-refractivity contribution in [1.82, 2.24) is 0 Å². The molecular weight excluding hydrogens is 316 g/mol. The van der Waals surface area contributed by atoms with E-state index in [1.165, 1.54) is 0 Å². The van der Waals surface area contributed by atoms with Crippen LogP contribution in [0, 0.1) is 16.0 Å². The molecule has 1 aliphatic heterocycles. The van der Waals surface area contributed by atoms with E-state index in [1.807, 2.05) is 30.3 Å². The maximum Gasteiger partial charge on any atom is 0.274 e. The van der Waals surface area contributed by atoms with Crippen LogP contribution in [0.2, 0.25) is 0 Å². The number of hydrogen-bond donors (Lipinski definition) is 1. The number of carbonyl (C=O) groups is 1. The molecule has 0 radical (unpaired) electrons. The molecule has 25 heavy (non-hydrogen) atoms. The summed E-state index contributed by atoms with van der Waals surface area (Å²) in [6.45, 7) is 1.57. The van der Waals surface area contributed by atoms with Crippen LogP contribution in [0.1, 0.15) is 46.8 Å². The summed E-state index contributed by atoms with van der Waals surface area (Å²) in [6.07, 6.45) is 5.16. The van der Waals surface area contributed by atoms with E-state index in [0.717, 1.165) is 17.7 Å². The highest BCUT2D eigenvalue weighted by molar-refractivity contribution is 5.95. The SMILES string of the molecule is CC(=O)c1ccc2c(c1)[C@H]1C=CC[C@H]1[C@H](c1ccccc1[N+](=O)[O-])N2. The van der Waals surface area contributed by atoms with Gasteiger partial charge in [0.1, 0.15) is 0 Å². The fourth-order valence-electron chi connectivity index (χ4n) is 4.04. The lowest BCUT2D eigenvalue weighted by atomic mass is 9.76. The Balaban J connectivity index is 1.81. The van der Waals surface area contributed by atoms with Crippen molar-refractivity contribution in [2.75, 3.05) is 5.32 Å². The van der Waals surface area contributed by atoms with Crippen LogP contribution in [-0.4, -0.2) is 10.7 Å². The molecule has 2 aliphatic rings. The largest absolute Gasteiger partial charge is 0.377 e. The third-order valence-corrected chi connectivity index (χ3v) is 5.24. The molecule has 1 N–H and O–H groups in total. The van der Waals surface area contributed by atoms with Crippen molar-refractivity contribution in [3.8, 4) is 0 Å². The Bertz CT molecular complexity index is 904. The molecule has 0 fully saturated rings. The first-order chi connectivity index (χ1) is 12.1. The number of nitro groups is 1. The number of Topliss-reactive ketones (excluding diaryl/α,β-unsaturated/α-hetero) is 1. The molecule has 0 bridgehead atoms. The molecule has 0 amide bonds. The van der Waals surface area contributed by atoms with Gasteiger partial charge in [0.15, 0.2) is 5.78 Å². The quantitative estimate of drug-likeness (QED) is 0.385. The van der Waals surface area contributed by atoms with Crippen molar-refractivity contribution in [2.24, 2.45) is 5.92 Å². The third-order valence-electron chi connectivity index (χ3n) is 5.24. The van der Waals surface area contributed by atoms with Crippen molar-refractivity contribution in [1.29, 1.82) is 0 Å². The van der Waals surface area contributed by atoms with Gasteiger partial charge in [-0.05, 0) is 43.0 Å². The van der Waals surface area contributed by atoms with Crippen molar-refractivity contribution < 1.29 is 9.72 Å². The summed E-state index contributed by atoms with van der Waals surface area (Å²) in [7, 11) is 0. The zero-order valence-electron chi connectivity index (χ0n) is 13.8. The zero-order chi connectivity index (χ0) is 17.6. The Hall–Kier alpha value is -2.95. The Morgan fingerprint density at radius 3 is 2.76 bits per heavy atom. The molecule has 5 heteroatoms. The summed E-state index contributed by atoms with van der Waals surface area (Å²) in [5.74, 6) is 0.415. The van der Waals surface area contributed by atoms with Crippen LogP contribution in [-0.2, 0) is 0 Å². The Labute approximate surface area is 145 Å². The molecular formula is C20H18N2O3. The van der Waals surface area contributed by atoms with E-state index in [1.54, 1.807) is 19.1 Å². The predicted molar refractivity (Wildman–Crippen MR) is 95.9 cm³/mol. The van der Waals surface area contributed by atoms with Crippen LogP contribution in [0.15, 0.2) is 54.6 Å². The minimum absolute atomic E-state index is 0.0437. The molecule has 0 unspecified atom stereocenters. The topological polar surface area (TPSA) is 72.2 Å². The van der Waals surface area contributed by atoms with Crippen LogP contribution < -0.4 is 5.32 Å². The minimum Gasteiger partial charge on any atom is -0.377 e. The van der Waals surface area contributed by atoms with E-state index in [9.17, 15) is 14.9 Å². The van der Waals surface area contributed by atoms with Gasteiger partial charge in [-0.3, -0.25) is 14.9 Å². The lowest BCUT2D eigenvalue weighted by molar-refractivity contribution is -0.385. The van der Waals surface area contributed by atoms with Gasteiger partial charge < -0.3 is 5.32 Å². The zero-order valence-corrected chi connectivity index (χ0v) is 13.8. The Morgan fingerprint density at radius 1 is 1.20 bits per heavy atom. The minimum atomic E-state index is -0.317. The maximum absolute atomic E-state index is 11.7. The van der Waals surface area contributed by atoms with Crippen molar-refractivity contribution in [3.05, 3.63) is 81.4 Å². The first-order valence-electron chi connectivity index (χ1n) is 8.37. The molecule has 2 aromatic carbocycles. The summed E-state index contributed by atoms with van der Waals surface area (Å²) in [4.78, 5) is 22.8. The number of anilines is 1. The van der Waals surface area contributed by atoms with Gasteiger partial charge >= 0.3 is 0 Å². The number of rotatable bonds is 3. The summed E-state index contributed by atoms with van der Waals surface area (Å²) in [6, 6.07) is 12.5. The first-order valence-corrected chi connectivity index (χ1v) is 8.37. The molecule has 0 aromatic heterocycles. The van der Waals surface area contributed by atoms with Gasteiger partial charge in [0.25, 0.3) is 5.69 Å². The van der Waals surface area contributed by atoms with Gasteiger partial charge in [-0.2, -0.15) is 0 Å². The highest BCUT2D eigenvalue weighted by Gasteiger charge is 2.40. The summed E-state index contributed by atoms with van der Waals surface area (Å²) < 4.78 is 0. The number of nitro benzene ring substituents is 1. The average molecular weight is 334 g/mol. The maximum atomic E-state index is 11.7. The molecule has 3 atom stereocenters. The standard InChI is InChI=1S/C20H18N2O3/c1-12(23)13-9-10-18-17(11-13)14-6-4-7-15(14)20(21-18)16-5-2-3-8-19(16)22(24)25/h2-6,8-11,14-15,20-21H,7H2,1H3/t14-,15+,20+/m0/s1. The molecule has 126 valence electrons. The van der Waals surface area contributed by atoms with Crippen molar-refractivity contribution in [2.45, 2.75) is 25.3 Å². The predicted octanol–water partition coefficient (Wildman–Crippen LogP) is 4.62. The van der Waals surface area contributed by atoms with E-state index in [4.69, 9.17) is 0 Å².